The second-order valence-corrected chi connectivity index (χ2v) is 7.55. The fourth-order valence-electron chi connectivity index (χ4n) is 2.47. The zero-order valence-corrected chi connectivity index (χ0v) is 14.3. The van der Waals surface area contributed by atoms with Crippen LogP contribution in [0.2, 0.25) is 0 Å². The van der Waals surface area contributed by atoms with Gasteiger partial charge in [0.15, 0.2) is 0 Å². The van der Waals surface area contributed by atoms with E-state index in [1.165, 1.54) is 19.1 Å². The normalized spacial score (nSPS) is 16.8. The number of benzene rings is 1. The molecule has 1 aliphatic heterocycles. The number of carbonyl (C=O) groups excluding carboxylic acids is 2. The van der Waals surface area contributed by atoms with Crippen LogP contribution in [0.1, 0.15) is 41.5 Å². The van der Waals surface area contributed by atoms with Gasteiger partial charge in [0.25, 0.3) is 21.8 Å². The third kappa shape index (κ3) is 2.86. The van der Waals surface area contributed by atoms with E-state index in [4.69, 9.17) is 5.11 Å². The third-order valence-corrected chi connectivity index (χ3v) is 5.67. The molecular weight excluding hydrogens is 336 g/mol. The van der Waals surface area contributed by atoms with E-state index in [0.717, 1.165) is 10.4 Å². The molecule has 130 valence electrons. The molecule has 2 N–H and O–H groups in total. The Morgan fingerprint density at radius 3 is 2.42 bits per heavy atom. The number of carbonyl (C=O) groups is 3. The molecule has 1 heterocycles. The molecule has 9 heteroatoms. The maximum Gasteiger partial charge on any atom is 0.326 e. The number of carboxylic acids is 1. The van der Waals surface area contributed by atoms with Gasteiger partial charge in [-0.25, -0.2) is 17.5 Å². The molecule has 0 unspecified atom stereocenters. The van der Waals surface area contributed by atoms with Crippen molar-refractivity contribution in [3.05, 3.63) is 29.3 Å². The lowest BCUT2D eigenvalue weighted by molar-refractivity contribution is -0.140. The van der Waals surface area contributed by atoms with Gasteiger partial charge in [0.05, 0.1) is 5.56 Å². The highest BCUT2D eigenvalue weighted by Gasteiger charge is 2.40. The summed E-state index contributed by atoms with van der Waals surface area (Å²) in [7, 11) is -3.98. The molecule has 24 heavy (non-hydrogen) atoms. The summed E-state index contributed by atoms with van der Waals surface area (Å²) in [6, 6.07) is 2.58. The van der Waals surface area contributed by atoms with Crippen LogP contribution in [0.3, 0.4) is 0 Å². The van der Waals surface area contributed by atoms with Crippen LogP contribution in [0.4, 0.5) is 0 Å². The third-order valence-electron chi connectivity index (χ3n) is 3.78. The summed E-state index contributed by atoms with van der Waals surface area (Å²) in [6.45, 7) is 4.81. The first-order valence-electron chi connectivity index (χ1n) is 7.36. The highest BCUT2D eigenvalue weighted by molar-refractivity contribution is 7.90. The zero-order chi connectivity index (χ0) is 18.2. The Morgan fingerprint density at radius 1 is 1.29 bits per heavy atom. The Bertz CT molecular complexity index is 815. The van der Waals surface area contributed by atoms with Crippen LogP contribution >= 0.6 is 0 Å². The molecule has 0 saturated heterocycles. The highest BCUT2D eigenvalue weighted by atomic mass is 32.2. The lowest BCUT2D eigenvalue weighted by Gasteiger charge is -2.18. The van der Waals surface area contributed by atoms with Gasteiger partial charge in [0.2, 0.25) is 0 Å². The van der Waals surface area contributed by atoms with Crippen LogP contribution in [0.15, 0.2) is 23.1 Å². The summed E-state index contributed by atoms with van der Waals surface area (Å²) in [5, 5.41) is 11.5. The molecule has 0 aromatic heterocycles. The van der Waals surface area contributed by atoms with Crippen molar-refractivity contribution in [2.75, 3.05) is 6.54 Å². The number of amides is 2. The number of nitrogens with zero attached hydrogens (tertiary/aromatic N) is 1. The Morgan fingerprint density at radius 2 is 1.92 bits per heavy atom. The van der Waals surface area contributed by atoms with Gasteiger partial charge in [-0.3, -0.25) is 9.59 Å². The Labute approximate surface area is 139 Å². The number of sulfonamides is 1. The van der Waals surface area contributed by atoms with Gasteiger partial charge in [-0.05, 0) is 31.0 Å². The Hall–Kier alpha value is -2.42. The fraction of sp³-hybridized carbons (Fsp3) is 0.400. The lowest BCUT2D eigenvalue weighted by Crippen LogP contribution is -2.44. The van der Waals surface area contributed by atoms with E-state index in [1.807, 2.05) is 0 Å². The molecule has 0 bridgehead atoms. The SMILES string of the molecule is CCN1C(=O)c2ccc(C(=O)N[C@H](C(=O)O)C(C)C)cc2S1(=O)=O. The van der Waals surface area contributed by atoms with Crippen molar-refractivity contribution in [2.24, 2.45) is 5.92 Å². The first-order valence-corrected chi connectivity index (χ1v) is 8.80. The quantitative estimate of drug-likeness (QED) is 0.802. The minimum atomic E-state index is -3.98. The molecule has 1 aromatic carbocycles. The van der Waals surface area contributed by atoms with Crippen LogP contribution < -0.4 is 5.32 Å². The van der Waals surface area contributed by atoms with E-state index in [1.54, 1.807) is 13.8 Å². The number of rotatable bonds is 5. The van der Waals surface area contributed by atoms with Crippen LogP contribution in [-0.4, -0.2) is 48.2 Å². The number of hydrogen-bond acceptors (Lipinski definition) is 5. The predicted octanol–water partition coefficient (Wildman–Crippen LogP) is 0.690. The number of nitrogens with one attached hydrogen (secondary N) is 1. The molecule has 2 rings (SSSR count). The van der Waals surface area contributed by atoms with Gasteiger partial charge in [0, 0.05) is 12.1 Å². The highest BCUT2D eigenvalue weighted by Crippen LogP contribution is 2.30. The number of aliphatic carboxylic acids is 1. The molecular formula is C15H18N2O6S. The fourth-order valence-corrected chi connectivity index (χ4v) is 4.07. The van der Waals surface area contributed by atoms with Crippen molar-refractivity contribution in [1.82, 2.24) is 9.62 Å². The lowest BCUT2D eigenvalue weighted by atomic mass is 10.0. The van der Waals surface area contributed by atoms with Crippen molar-refractivity contribution >= 4 is 27.8 Å². The van der Waals surface area contributed by atoms with Gasteiger partial charge in [-0.1, -0.05) is 13.8 Å². The minimum absolute atomic E-state index is 0.00652. The van der Waals surface area contributed by atoms with Crippen LogP contribution in [0.25, 0.3) is 0 Å². The van der Waals surface area contributed by atoms with E-state index in [2.05, 4.69) is 5.32 Å². The summed E-state index contributed by atoms with van der Waals surface area (Å²) in [5.74, 6) is -2.87. The predicted molar refractivity (Wildman–Crippen MR) is 84.1 cm³/mol. The largest absolute Gasteiger partial charge is 0.480 e. The van der Waals surface area contributed by atoms with Gasteiger partial charge in [-0.2, -0.15) is 0 Å². The van der Waals surface area contributed by atoms with E-state index in [0.29, 0.717) is 0 Å². The average Bonchev–Trinajstić information content (AvgIpc) is 2.69. The van der Waals surface area contributed by atoms with Crippen molar-refractivity contribution in [3.8, 4) is 0 Å². The van der Waals surface area contributed by atoms with Crippen LogP contribution in [-0.2, 0) is 14.8 Å². The summed E-state index contributed by atoms with van der Waals surface area (Å²) < 4.78 is 25.4. The van der Waals surface area contributed by atoms with Crippen molar-refractivity contribution in [1.29, 1.82) is 0 Å². The Balaban J connectivity index is 2.38. The molecule has 1 atom stereocenters. The average molecular weight is 354 g/mol. The molecule has 1 aromatic rings. The molecule has 0 saturated carbocycles. The minimum Gasteiger partial charge on any atom is -0.480 e. The second kappa shape index (κ2) is 6.23. The van der Waals surface area contributed by atoms with Gasteiger partial charge >= 0.3 is 5.97 Å². The monoisotopic (exact) mass is 354 g/mol. The standard InChI is InChI=1S/C15H18N2O6S/c1-4-17-14(19)10-6-5-9(7-11(10)24(17,22)23)13(18)16-12(8(2)3)15(20)21/h5-8,12H,4H2,1-3H3,(H,16,18)(H,20,21)/t12-/m0/s1. The summed E-state index contributed by atoms with van der Waals surface area (Å²) in [6.07, 6.45) is 0. The van der Waals surface area contributed by atoms with E-state index >= 15 is 0 Å². The summed E-state index contributed by atoms with van der Waals surface area (Å²) >= 11 is 0. The van der Waals surface area contributed by atoms with E-state index in [9.17, 15) is 22.8 Å². The topological polar surface area (TPSA) is 121 Å². The second-order valence-electron chi connectivity index (χ2n) is 5.72. The summed E-state index contributed by atoms with van der Waals surface area (Å²) in [4.78, 5) is 35.2. The molecule has 0 aliphatic carbocycles. The van der Waals surface area contributed by atoms with Crippen LogP contribution in [0, 0.1) is 5.92 Å². The number of fused-ring (bicyclic) bond motifs is 1. The maximum absolute atomic E-state index is 12.3. The molecule has 8 nitrogen and oxygen atoms in total. The van der Waals surface area contributed by atoms with Crippen molar-refractivity contribution < 1.29 is 27.9 Å². The molecule has 2 amide bonds. The zero-order valence-electron chi connectivity index (χ0n) is 13.4. The molecule has 1 aliphatic rings. The molecule has 0 radical (unpaired) electrons. The summed E-state index contributed by atoms with van der Waals surface area (Å²) in [5.41, 5.74) is -0.0120. The van der Waals surface area contributed by atoms with E-state index in [-0.39, 0.29) is 28.5 Å². The van der Waals surface area contributed by atoms with E-state index < -0.39 is 33.8 Å². The van der Waals surface area contributed by atoms with Crippen LogP contribution in [0.5, 0.6) is 0 Å². The molecule has 0 spiro atoms. The van der Waals surface area contributed by atoms with Gasteiger partial charge in [0.1, 0.15) is 10.9 Å². The Kier molecular flexibility index (Phi) is 4.66. The first-order chi connectivity index (χ1) is 11.1. The maximum atomic E-state index is 12.3. The number of hydrogen-bond donors (Lipinski definition) is 2. The van der Waals surface area contributed by atoms with Crippen molar-refractivity contribution in [2.45, 2.75) is 31.7 Å². The smallest absolute Gasteiger partial charge is 0.326 e. The van der Waals surface area contributed by atoms with Crippen molar-refractivity contribution in [3.63, 3.8) is 0 Å². The first kappa shape index (κ1) is 17.9. The van der Waals surface area contributed by atoms with Gasteiger partial charge < -0.3 is 10.4 Å². The number of carboxylic acid groups (broad SMARTS) is 1. The molecule has 0 fully saturated rings. The van der Waals surface area contributed by atoms with Gasteiger partial charge in [-0.15, -0.1) is 0 Å².